The Balaban J connectivity index is 1.52. The maximum Gasteiger partial charge on any atom is 0.354 e. The van der Waals surface area contributed by atoms with Crippen LogP contribution in [0, 0.1) is 0 Å². The van der Waals surface area contributed by atoms with Crippen molar-refractivity contribution in [3.8, 4) is 5.88 Å². The lowest BCUT2D eigenvalue weighted by Crippen LogP contribution is -2.28. The zero-order valence-corrected chi connectivity index (χ0v) is 19.6. The van der Waals surface area contributed by atoms with Crippen LogP contribution in [0.4, 0.5) is 10.5 Å². The number of carbonyl (C=O) groups is 2. The van der Waals surface area contributed by atoms with Crippen molar-refractivity contribution in [3.63, 3.8) is 0 Å². The molecule has 0 bridgehead atoms. The number of fused-ring (bicyclic) bond motifs is 3. The number of nitrogens with two attached hydrogens (primary N) is 1. The predicted molar refractivity (Wildman–Crippen MR) is 123 cm³/mol. The molecule has 1 aromatic carbocycles. The molecular formula is C22H28N6O4S. The third kappa shape index (κ3) is 3.78. The monoisotopic (exact) mass is 472 g/mol. The van der Waals surface area contributed by atoms with Gasteiger partial charge >= 0.3 is 6.03 Å². The molecule has 33 heavy (non-hydrogen) atoms. The minimum absolute atomic E-state index is 0.00502. The summed E-state index contributed by atoms with van der Waals surface area (Å²) < 4.78 is 24.2. The summed E-state index contributed by atoms with van der Waals surface area (Å²) in [5.74, 6) is -0.0246. The van der Waals surface area contributed by atoms with Crippen LogP contribution < -0.4 is 15.2 Å². The van der Waals surface area contributed by atoms with Crippen molar-refractivity contribution in [2.24, 2.45) is 9.50 Å². The second-order valence-corrected chi connectivity index (χ2v) is 10.7. The maximum atomic E-state index is 13.2. The highest BCUT2D eigenvalue weighted by molar-refractivity contribution is 7.91. The lowest BCUT2D eigenvalue weighted by Gasteiger charge is -2.21. The van der Waals surface area contributed by atoms with Crippen LogP contribution in [0.15, 0.2) is 21.5 Å². The van der Waals surface area contributed by atoms with E-state index in [9.17, 15) is 13.8 Å². The lowest BCUT2D eigenvalue weighted by molar-refractivity contribution is -0.130. The smallest absolute Gasteiger partial charge is 0.354 e. The number of likely N-dealkylation sites (N-methyl/N-ethyl adjacent to an activating group) is 1. The van der Waals surface area contributed by atoms with Gasteiger partial charge in [0.25, 0.3) is 0 Å². The number of aromatic nitrogens is 2. The van der Waals surface area contributed by atoms with Gasteiger partial charge in [-0.05, 0) is 54.4 Å². The maximum absolute atomic E-state index is 13.2. The molecule has 0 radical (unpaired) electrons. The molecule has 5 rings (SSSR count). The Morgan fingerprint density at radius 2 is 2.09 bits per heavy atom. The fraction of sp³-hybridized carbons (Fsp3) is 0.500. The number of hydrogen-bond acceptors (Lipinski definition) is 5. The first kappa shape index (κ1) is 21.9. The largest absolute Gasteiger partial charge is 0.477 e. The van der Waals surface area contributed by atoms with Gasteiger partial charge in [0, 0.05) is 27.1 Å². The highest BCUT2D eigenvalue weighted by Crippen LogP contribution is 2.44. The summed E-state index contributed by atoms with van der Waals surface area (Å²) in [6.07, 6.45) is 6.34. The summed E-state index contributed by atoms with van der Waals surface area (Å²) in [6.45, 7) is 1.09. The quantitative estimate of drug-likeness (QED) is 0.707. The Hall–Kier alpha value is -2.92. The highest BCUT2D eigenvalue weighted by Gasteiger charge is 2.35. The number of urea groups is 1. The van der Waals surface area contributed by atoms with E-state index in [4.69, 9.17) is 9.88 Å². The van der Waals surface area contributed by atoms with E-state index in [1.54, 1.807) is 23.7 Å². The summed E-state index contributed by atoms with van der Waals surface area (Å²) in [7, 11) is -0.0985. The van der Waals surface area contributed by atoms with Gasteiger partial charge in [-0.25, -0.2) is 18.8 Å². The van der Waals surface area contributed by atoms with Crippen LogP contribution in [0.5, 0.6) is 5.88 Å². The molecule has 176 valence electrons. The SMILES string of the molecule is CN(C)C(=O)C1CCc2cc3c(c(NC(=O)N=S(N)(=O)c4cnn5c4OCCC5)c21)CCC3. The van der Waals surface area contributed by atoms with Crippen molar-refractivity contribution >= 4 is 27.5 Å². The van der Waals surface area contributed by atoms with E-state index in [1.807, 2.05) is 0 Å². The minimum atomic E-state index is -3.57. The second-order valence-electron chi connectivity index (χ2n) is 8.97. The van der Waals surface area contributed by atoms with Gasteiger partial charge in [-0.1, -0.05) is 6.07 Å². The number of benzene rings is 1. The predicted octanol–water partition coefficient (Wildman–Crippen LogP) is 2.21. The van der Waals surface area contributed by atoms with Gasteiger partial charge in [0.15, 0.2) is 9.92 Å². The third-order valence-corrected chi connectivity index (χ3v) is 7.94. The molecule has 0 spiro atoms. The summed E-state index contributed by atoms with van der Waals surface area (Å²) in [5.41, 5.74) is 4.79. The van der Waals surface area contributed by atoms with Gasteiger partial charge in [-0.3, -0.25) is 4.79 Å². The molecule has 2 heterocycles. The van der Waals surface area contributed by atoms with Crippen molar-refractivity contribution in [2.75, 3.05) is 26.0 Å². The fourth-order valence-electron chi connectivity index (χ4n) is 5.12. The Kier molecular flexibility index (Phi) is 5.40. The van der Waals surface area contributed by atoms with E-state index in [0.717, 1.165) is 48.8 Å². The number of ether oxygens (including phenoxy) is 1. The van der Waals surface area contributed by atoms with E-state index in [0.29, 0.717) is 31.1 Å². The molecule has 2 atom stereocenters. The van der Waals surface area contributed by atoms with E-state index >= 15 is 0 Å². The molecule has 10 nitrogen and oxygen atoms in total. The van der Waals surface area contributed by atoms with E-state index < -0.39 is 15.9 Å². The van der Waals surface area contributed by atoms with E-state index in [1.165, 1.54) is 11.8 Å². The lowest BCUT2D eigenvalue weighted by atomic mass is 9.93. The third-order valence-electron chi connectivity index (χ3n) is 6.59. The number of rotatable bonds is 3. The summed E-state index contributed by atoms with van der Waals surface area (Å²) in [4.78, 5) is 27.6. The Labute approximate surface area is 192 Å². The van der Waals surface area contributed by atoms with Gasteiger partial charge < -0.3 is 15.0 Å². The minimum Gasteiger partial charge on any atom is -0.477 e. The number of anilines is 1. The molecule has 0 fully saturated rings. The van der Waals surface area contributed by atoms with Crippen molar-refractivity contribution < 1.29 is 18.5 Å². The Morgan fingerprint density at radius 1 is 1.27 bits per heavy atom. The molecule has 1 aliphatic heterocycles. The van der Waals surface area contributed by atoms with Gasteiger partial charge in [0.2, 0.25) is 11.8 Å². The molecular weight excluding hydrogens is 444 g/mol. The van der Waals surface area contributed by atoms with Gasteiger partial charge in [-0.15, -0.1) is 4.36 Å². The standard InChI is InChI=1S/C22H28N6O4S/c1-27(2)20(29)16-8-7-14-11-13-5-3-6-15(13)19(18(14)16)25-22(30)26-33(23,31)17-12-24-28-9-4-10-32-21(17)28/h11-12,16H,3-10H2,1-2H3,(H3,23,25,26,30,31). The normalized spacial score (nSPS) is 20.2. The van der Waals surface area contributed by atoms with Crippen LogP contribution in [0.1, 0.15) is 47.4 Å². The first-order valence-corrected chi connectivity index (χ1v) is 12.8. The fourth-order valence-corrected chi connectivity index (χ4v) is 6.12. The molecule has 3 amide bonds. The van der Waals surface area contributed by atoms with Gasteiger partial charge in [0.05, 0.1) is 24.4 Å². The van der Waals surface area contributed by atoms with E-state index in [-0.39, 0.29) is 16.7 Å². The van der Waals surface area contributed by atoms with Crippen molar-refractivity contribution in [1.82, 2.24) is 14.7 Å². The van der Waals surface area contributed by atoms with Crippen LogP contribution in [0.2, 0.25) is 0 Å². The highest BCUT2D eigenvalue weighted by atomic mass is 32.2. The molecule has 2 aromatic rings. The molecule has 0 saturated heterocycles. The number of aryl methyl sites for hydroxylation is 3. The number of nitrogens with one attached hydrogen (secondary N) is 1. The zero-order valence-electron chi connectivity index (χ0n) is 18.8. The number of nitrogens with zero attached hydrogens (tertiary/aromatic N) is 4. The summed E-state index contributed by atoms with van der Waals surface area (Å²) in [6, 6.07) is 1.37. The molecule has 3 N–H and O–H groups in total. The number of amides is 3. The molecule has 3 aliphatic rings. The summed E-state index contributed by atoms with van der Waals surface area (Å²) in [5, 5.41) is 13.0. The van der Waals surface area contributed by atoms with Crippen molar-refractivity contribution in [1.29, 1.82) is 0 Å². The molecule has 0 saturated carbocycles. The van der Waals surface area contributed by atoms with Gasteiger partial charge in [-0.2, -0.15) is 5.10 Å². The Bertz CT molecular complexity index is 1270. The molecule has 2 unspecified atom stereocenters. The van der Waals surface area contributed by atoms with Crippen LogP contribution in [0.3, 0.4) is 0 Å². The first-order valence-electron chi connectivity index (χ1n) is 11.2. The second kappa shape index (κ2) is 8.14. The summed E-state index contributed by atoms with van der Waals surface area (Å²) >= 11 is 0. The van der Waals surface area contributed by atoms with Crippen LogP contribution in [0.25, 0.3) is 0 Å². The average molecular weight is 473 g/mol. The van der Waals surface area contributed by atoms with Crippen molar-refractivity contribution in [2.45, 2.75) is 55.9 Å². The number of carbonyl (C=O) groups excluding carboxylic acids is 2. The van der Waals surface area contributed by atoms with Crippen LogP contribution in [-0.4, -0.2) is 51.5 Å². The van der Waals surface area contributed by atoms with Crippen LogP contribution >= 0.6 is 0 Å². The average Bonchev–Trinajstić information content (AvgIpc) is 3.50. The van der Waals surface area contributed by atoms with Crippen LogP contribution in [-0.2, 0) is 40.5 Å². The first-order chi connectivity index (χ1) is 15.8. The Morgan fingerprint density at radius 3 is 2.88 bits per heavy atom. The van der Waals surface area contributed by atoms with E-state index in [2.05, 4.69) is 20.8 Å². The number of hydrogen-bond donors (Lipinski definition) is 2. The zero-order chi connectivity index (χ0) is 23.3. The topological polar surface area (TPSA) is 132 Å². The molecule has 1 aromatic heterocycles. The molecule has 11 heteroatoms. The van der Waals surface area contributed by atoms with Gasteiger partial charge in [0.1, 0.15) is 4.90 Å². The molecule has 2 aliphatic carbocycles. The van der Waals surface area contributed by atoms with Crippen molar-refractivity contribution in [3.05, 3.63) is 34.5 Å².